The molecule has 0 aliphatic carbocycles. The van der Waals surface area contributed by atoms with Crippen molar-refractivity contribution in [3.63, 3.8) is 0 Å². The maximum Gasteiger partial charge on any atom is 0.242 e. The first kappa shape index (κ1) is 15.5. The summed E-state index contributed by atoms with van der Waals surface area (Å²) < 4.78 is 21.8. The Hall–Kier alpha value is -1.42. The molecule has 2 aromatic rings. The van der Waals surface area contributed by atoms with Crippen LogP contribution in [0.5, 0.6) is 0 Å². The van der Waals surface area contributed by atoms with Crippen molar-refractivity contribution in [3.05, 3.63) is 29.7 Å². The van der Waals surface area contributed by atoms with Crippen molar-refractivity contribution >= 4 is 11.0 Å². The number of nitrogens with zero attached hydrogens (tertiary/aromatic N) is 1. The zero-order valence-corrected chi connectivity index (χ0v) is 13.7. The van der Waals surface area contributed by atoms with Crippen LogP contribution < -0.4 is 10.1 Å². The molecular formula is C18H26FN2O+. The van der Waals surface area contributed by atoms with Crippen LogP contribution in [0.4, 0.5) is 4.39 Å². The predicted molar refractivity (Wildman–Crippen MR) is 85.4 cm³/mol. The SMILES string of the molecule is CCC(C(C)C)[n+]1oc2cc(F)ccc2c1C1CCNCC1. The molecule has 3 nitrogen and oxygen atoms in total. The number of halogens is 1. The monoisotopic (exact) mass is 305 g/mol. The highest BCUT2D eigenvalue weighted by atomic mass is 19.1. The second kappa shape index (κ2) is 6.37. The molecule has 3 rings (SSSR count). The van der Waals surface area contributed by atoms with E-state index in [1.807, 2.05) is 6.07 Å². The van der Waals surface area contributed by atoms with Crippen LogP contribution in [0.2, 0.25) is 0 Å². The molecule has 0 amide bonds. The van der Waals surface area contributed by atoms with E-state index in [-0.39, 0.29) is 5.82 Å². The van der Waals surface area contributed by atoms with Crippen LogP contribution in [-0.2, 0) is 0 Å². The number of nitrogens with one attached hydrogen (secondary N) is 1. The molecule has 1 atom stereocenters. The van der Waals surface area contributed by atoms with Gasteiger partial charge >= 0.3 is 0 Å². The molecular weight excluding hydrogens is 279 g/mol. The predicted octanol–water partition coefficient (Wildman–Crippen LogP) is 3.93. The van der Waals surface area contributed by atoms with Crippen LogP contribution in [0.1, 0.15) is 57.7 Å². The van der Waals surface area contributed by atoms with E-state index in [4.69, 9.17) is 4.52 Å². The molecule has 1 aliphatic rings. The minimum absolute atomic E-state index is 0.233. The first-order chi connectivity index (χ1) is 10.6. The summed E-state index contributed by atoms with van der Waals surface area (Å²) in [5, 5.41) is 4.50. The van der Waals surface area contributed by atoms with Gasteiger partial charge in [-0.25, -0.2) is 8.91 Å². The van der Waals surface area contributed by atoms with Crippen molar-refractivity contribution in [1.82, 2.24) is 5.32 Å². The lowest BCUT2D eigenvalue weighted by Crippen LogP contribution is -2.45. The highest BCUT2D eigenvalue weighted by molar-refractivity contribution is 5.78. The summed E-state index contributed by atoms with van der Waals surface area (Å²) in [6, 6.07) is 5.27. The van der Waals surface area contributed by atoms with Crippen molar-refractivity contribution in [2.75, 3.05) is 13.1 Å². The van der Waals surface area contributed by atoms with Crippen molar-refractivity contribution < 1.29 is 13.7 Å². The normalized spacial score (nSPS) is 18.2. The van der Waals surface area contributed by atoms with E-state index in [9.17, 15) is 4.39 Å². The first-order valence-corrected chi connectivity index (χ1v) is 8.46. The molecule has 4 heteroatoms. The lowest BCUT2D eigenvalue weighted by atomic mass is 9.91. The van der Waals surface area contributed by atoms with Gasteiger partial charge in [0.1, 0.15) is 5.82 Å². The third-order valence-corrected chi connectivity index (χ3v) is 4.87. The molecule has 1 fully saturated rings. The third-order valence-electron chi connectivity index (χ3n) is 4.87. The summed E-state index contributed by atoms with van der Waals surface area (Å²) in [7, 11) is 0. The van der Waals surface area contributed by atoms with Crippen molar-refractivity contribution in [3.8, 4) is 0 Å². The van der Waals surface area contributed by atoms with E-state index < -0.39 is 0 Å². The average Bonchev–Trinajstić information content (AvgIpc) is 2.86. The molecule has 0 bridgehead atoms. The van der Waals surface area contributed by atoms with E-state index in [1.54, 1.807) is 6.07 Å². The second-order valence-corrected chi connectivity index (χ2v) is 6.69. The van der Waals surface area contributed by atoms with Crippen molar-refractivity contribution in [2.45, 2.75) is 52.0 Å². The third kappa shape index (κ3) is 2.76. The smallest absolute Gasteiger partial charge is 0.242 e. The van der Waals surface area contributed by atoms with E-state index in [0.29, 0.717) is 23.5 Å². The molecule has 1 saturated heterocycles. The Labute approximate surface area is 131 Å². The van der Waals surface area contributed by atoms with Gasteiger partial charge in [-0.1, -0.05) is 20.8 Å². The Morgan fingerprint density at radius 3 is 2.68 bits per heavy atom. The summed E-state index contributed by atoms with van der Waals surface area (Å²) in [5.41, 5.74) is 1.93. The number of rotatable bonds is 4. The lowest BCUT2D eigenvalue weighted by molar-refractivity contribution is -0.889. The Kier molecular flexibility index (Phi) is 4.48. The number of benzene rings is 1. The molecule has 1 aliphatic heterocycles. The number of aromatic nitrogens is 1. The molecule has 22 heavy (non-hydrogen) atoms. The topological polar surface area (TPSA) is 29.0 Å². The van der Waals surface area contributed by atoms with Gasteiger partial charge in [0.25, 0.3) is 0 Å². The molecule has 120 valence electrons. The van der Waals surface area contributed by atoms with Gasteiger partial charge in [-0.05, 0) is 42.8 Å². The zero-order valence-electron chi connectivity index (χ0n) is 13.7. The molecule has 0 saturated carbocycles. The fourth-order valence-corrected chi connectivity index (χ4v) is 3.71. The lowest BCUT2D eigenvalue weighted by Gasteiger charge is -2.21. The highest BCUT2D eigenvalue weighted by Crippen LogP contribution is 2.32. The zero-order chi connectivity index (χ0) is 15.7. The summed E-state index contributed by atoms with van der Waals surface area (Å²) >= 11 is 0. The molecule has 2 heterocycles. The molecule has 1 aromatic carbocycles. The molecule has 0 radical (unpaired) electrons. The number of piperidine rings is 1. The van der Waals surface area contributed by atoms with Crippen molar-refractivity contribution in [2.24, 2.45) is 5.92 Å². The van der Waals surface area contributed by atoms with E-state index in [1.165, 1.54) is 11.8 Å². The van der Waals surface area contributed by atoms with Gasteiger partial charge in [0.15, 0.2) is 0 Å². The van der Waals surface area contributed by atoms with Crippen LogP contribution in [0.3, 0.4) is 0 Å². The summed E-state index contributed by atoms with van der Waals surface area (Å²) in [6.07, 6.45) is 3.24. The van der Waals surface area contributed by atoms with Gasteiger partial charge in [-0.3, -0.25) is 0 Å². The van der Waals surface area contributed by atoms with Gasteiger partial charge in [-0.15, -0.1) is 0 Å². The summed E-state index contributed by atoms with van der Waals surface area (Å²) in [4.78, 5) is 0. The Balaban J connectivity index is 2.15. The first-order valence-electron chi connectivity index (χ1n) is 8.46. The fraction of sp³-hybridized carbons (Fsp3) is 0.611. The minimum atomic E-state index is -0.233. The second-order valence-electron chi connectivity index (χ2n) is 6.69. The number of hydrogen-bond donors (Lipinski definition) is 1. The maximum atomic E-state index is 13.6. The van der Waals surface area contributed by atoms with E-state index in [0.717, 1.165) is 37.7 Å². The van der Waals surface area contributed by atoms with Gasteiger partial charge in [-0.2, -0.15) is 0 Å². The Morgan fingerprint density at radius 1 is 1.32 bits per heavy atom. The molecule has 0 spiro atoms. The number of fused-ring (bicyclic) bond motifs is 1. The Bertz CT molecular complexity index is 644. The van der Waals surface area contributed by atoms with Crippen LogP contribution in [0.15, 0.2) is 22.7 Å². The van der Waals surface area contributed by atoms with Gasteiger partial charge in [0, 0.05) is 18.4 Å². The maximum absolute atomic E-state index is 13.6. The molecule has 1 aromatic heterocycles. The standard InChI is InChI=1S/C18H26FN2O/c1-4-16(12(2)3)21-18(13-7-9-20-10-8-13)15-6-5-14(19)11-17(15)22-21/h5-6,11-13,16,20H,4,7-10H2,1-3H3/q+1. The van der Waals surface area contributed by atoms with Gasteiger partial charge in [0.2, 0.25) is 17.3 Å². The van der Waals surface area contributed by atoms with Crippen LogP contribution in [-0.4, -0.2) is 13.1 Å². The fourth-order valence-electron chi connectivity index (χ4n) is 3.71. The minimum Gasteiger partial charge on any atom is -0.317 e. The molecule has 1 unspecified atom stereocenters. The Morgan fingerprint density at radius 2 is 2.05 bits per heavy atom. The van der Waals surface area contributed by atoms with Crippen molar-refractivity contribution in [1.29, 1.82) is 0 Å². The van der Waals surface area contributed by atoms with Gasteiger partial charge in [0.05, 0.1) is 11.3 Å². The van der Waals surface area contributed by atoms with E-state index in [2.05, 4.69) is 30.8 Å². The van der Waals surface area contributed by atoms with Gasteiger partial charge < -0.3 is 5.32 Å². The highest BCUT2D eigenvalue weighted by Gasteiger charge is 2.36. The summed E-state index contributed by atoms with van der Waals surface area (Å²) in [5.74, 6) is 0.740. The quantitative estimate of drug-likeness (QED) is 0.867. The number of hydrogen-bond acceptors (Lipinski definition) is 2. The summed E-state index contributed by atoms with van der Waals surface area (Å²) in [6.45, 7) is 8.72. The van der Waals surface area contributed by atoms with Crippen LogP contribution >= 0.6 is 0 Å². The van der Waals surface area contributed by atoms with Crippen LogP contribution in [0, 0.1) is 11.7 Å². The average molecular weight is 305 g/mol. The molecule has 1 N–H and O–H groups in total. The van der Waals surface area contributed by atoms with E-state index >= 15 is 0 Å². The largest absolute Gasteiger partial charge is 0.317 e. The van der Waals surface area contributed by atoms with Crippen LogP contribution in [0.25, 0.3) is 11.0 Å².